The number of benzene rings is 1. The van der Waals surface area contributed by atoms with Gasteiger partial charge in [0.2, 0.25) is 6.41 Å². The van der Waals surface area contributed by atoms with Crippen molar-refractivity contribution in [3.63, 3.8) is 0 Å². The van der Waals surface area contributed by atoms with Crippen LogP contribution in [0.2, 0.25) is 0 Å². The van der Waals surface area contributed by atoms with Gasteiger partial charge in [-0.05, 0) is 28.1 Å². The molecule has 1 amide bonds. The van der Waals surface area contributed by atoms with Gasteiger partial charge in [0.25, 0.3) is 0 Å². The Morgan fingerprint density at radius 2 is 2.21 bits per heavy atom. The van der Waals surface area contributed by atoms with Crippen molar-refractivity contribution < 1.29 is 4.79 Å². The average Bonchev–Trinajstić information content (AvgIpc) is 2.20. The first-order valence-electron chi connectivity index (χ1n) is 4.05. The van der Waals surface area contributed by atoms with Gasteiger partial charge in [0.1, 0.15) is 0 Å². The van der Waals surface area contributed by atoms with Gasteiger partial charge >= 0.3 is 0 Å². The third kappa shape index (κ3) is 1.61. The first-order chi connectivity index (χ1) is 6.81. The lowest BCUT2D eigenvalue weighted by atomic mass is 10.1. The highest BCUT2D eigenvalue weighted by Crippen LogP contribution is 2.25. The molecule has 1 aromatic carbocycles. The Bertz CT molecular complexity index is 485. The molecule has 0 aliphatic carbocycles. The molecule has 0 fully saturated rings. The lowest BCUT2D eigenvalue weighted by Crippen LogP contribution is -1.93. The van der Waals surface area contributed by atoms with Gasteiger partial charge in [-0.25, -0.2) is 0 Å². The van der Waals surface area contributed by atoms with Gasteiger partial charge in [-0.15, -0.1) is 0 Å². The fourth-order valence-corrected chi connectivity index (χ4v) is 1.75. The third-order valence-corrected chi connectivity index (χ3v) is 2.57. The third-order valence-electron chi connectivity index (χ3n) is 1.94. The zero-order chi connectivity index (χ0) is 9.97. The van der Waals surface area contributed by atoms with Crippen LogP contribution in [0.1, 0.15) is 0 Å². The molecular weight excluding hydrogens is 244 g/mol. The first kappa shape index (κ1) is 9.15. The van der Waals surface area contributed by atoms with E-state index in [0.29, 0.717) is 6.41 Å². The zero-order valence-electron chi connectivity index (χ0n) is 7.20. The summed E-state index contributed by atoms with van der Waals surface area (Å²) in [5.41, 5.74) is 0.777. The van der Waals surface area contributed by atoms with Crippen molar-refractivity contribution in [1.29, 1.82) is 0 Å². The number of nitrogens with zero attached hydrogens (tertiary/aromatic N) is 1. The largest absolute Gasteiger partial charge is 0.329 e. The number of carbonyl (C=O) groups is 1. The standard InChI is InChI=1S/C10H7BrN2O/c11-10-5-12-4-7-1-2-8(13-6-14)3-9(7)10/h1-6H,(H,13,14). The highest BCUT2D eigenvalue weighted by molar-refractivity contribution is 9.10. The van der Waals surface area contributed by atoms with E-state index in [1.54, 1.807) is 12.4 Å². The molecule has 70 valence electrons. The minimum absolute atomic E-state index is 0.663. The lowest BCUT2D eigenvalue weighted by molar-refractivity contribution is -0.105. The van der Waals surface area contributed by atoms with Crippen molar-refractivity contribution in [2.24, 2.45) is 0 Å². The summed E-state index contributed by atoms with van der Waals surface area (Å²) in [5.74, 6) is 0. The number of amides is 1. The van der Waals surface area contributed by atoms with E-state index in [1.165, 1.54) is 0 Å². The Morgan fingerprint density at radius 3 is 3.00 bits per heavy atom. The summed E-state index contributed by atoms with van der Waals surface area (Å²) in [6, 6.07) is 5.65. The molecule has 1 aromatic heterocycles. The summed E-state index contributed by atoms with van der Waals surface area (Å²) in [7, 11) is 0. The molecule has 0 bridgehead atoms. The summed E-state index contributed by atoms with van der Waals surface area (Å²) >= 11 is 3.40. The summed E-state index contributed by atoms with van der Waals surface area (Å²) in [5, 5.41) is 4.68. The molecule has 0 saturated heterocycles. The molecule has 0 atom stereocenters. The molecule has 2 aromatic rings. The highest BCUT2D eigenvalue weighted by atomic mass is 79.9. The zero-order valence-corrected chi connectivity index (χ0v) is 8.78. The molecule has 0 unspecified atom stereocenters. The van der Waals surface area contributed by atoms with Crippen molar-refractivity contribution in [3.05, 3.63) is 35.1 Å². The summed E-state index contributed by atoms with van der Waals surface area (Å²) in [4.78, 5) is 14.3. The van der Waals surface area contributed by atoms with Crippen LogP contribution < -0.4 is 5.32 Å². The molecule has 0 spiro atoms. The molecule has 0 aliphatic heterocycles. The van der Waals surface area contributed by atoms with Gasteiger partial charge in [0, 0.05) is 33.3 Å². The van der Waals surface area contributed by atoms with Crippen LogP contribution in [0.3, 0.4) is 0 Å². The Balaban J connectivity index is 2.63. The maximum absolute atomic E-state index is 10.3. The molecular formula is C10H7BrN2O. The van der Waals surface area contributed by atoms with Crippen LogP contribution in [0.4, 0.5) is 5.69 Å². The van der Waals surface area contributed by atoms with Gasteiger partial charge in [0.15, 0.2) is 0 Å². The molecule has 0 saturated carbocycles. The van der Waals surface area contributed by atoms with Gasteiger partial charge in [-0.1, -0.05) is 6.07 Å². The number of rotatable bonds is 2. The number of nitrogens with one attached hydrogen (secondary N) is 1. The van der Waals surface area contributed by atoms with Gasteiger partial charge in [0.05, 0.1) is 0 Å². The second kappa shape index (κ2) is 3.75. The topological polar surface area (TPSA) is 42.0 Å². The molecule has 3 nitrogen and oxygen atoms in total. The predicted molar refractivity (Wildman–Crippen MR) is 59.1 cm³/mol. The number of anilines is 1. The quantitative estimate of drug-likeness (QED) is 0.833. The van der Waals surface area contributed by atoms with Gasteiger partial charge < -0.3 is 5.32 Å². The smallest absolute Gasteiger partial charge is 0.211 e. The van der Waals surface area contributed by atoms with E-state index in [0.717, 1.165) is 20.9 Å². The number of aromatic nitrogens is 1. The van der Waals surface area contributed by atoms with E-state index in [1.807, 2.05) is 18.2 Å². The minimum Gasteiger partial charge on any atom is -0.329 e. The van der Waals surface area contributed by atoms with Crippen LogP contribution in [-0.4, -0.2) is 11.4 Å². The van der Waals surface area contributed by atoms with Crippen molar-refractivity contribution in [2.45, 2.75) is 0 Å². The second-order valence-electron chi connectivity index (χ2n) is 2.82. The normalized spacial score (nSPS) is 10.1. The van der Waals surface area contributed by atoms with E-state index in [9.17, 15) is 4.79 Å². The van der Waals surface area contributed by atoms with E-state index in [-0.39, 0.29) is 0 Å². The Labute approximate surface area is 89.3 Å². The number of hydrogen-bond acceptors (Lipinski definition) is 2. The Morgan fingerprint density at radius 1 is 1.36 bits per heavy atom. The molecule has 2 rings (SSSR count). The maximum atomic E-state index is 10.3. The first-order valence-corrected chi connectivity index (χ1v) is 4.84. The van der Waals surface area contributed by atoms with Crippen LogP contribution in [0.5, 0.6) is 0 Å². The number of fused-ring (bicyclic) bond motifs is 1. The summed E-state index contributed by atoms with van der Waals surface area (Å²) < 4.78 is 0.921. The summed E-state index contributed by atoms with van der Waals surface area (Å²) in [6.07, 6.45) is 4.17. The number of hydrogen-bond donors (Lipinski definition) is 1. The van der Waals surface area contributed by atoms with Gasteiger partial charge in [-0.3, -0.25) is 9.78 Å². The molecule has 1 N–H and O–H groups in total. The monoisotopic (exact) mass is 250 g/mol. The van der Waals surface area contributed by atoms with Crippen LogP contribution in [0, 0.1) is 0 Å². The molecule has 0 aliphatic rings. The number of pyridine rings is 1. The molecule has 14 heavy (non-hydrogen) atoms. The highest BCUT2D eigenvalue weighted by Gasteiger charge is 1.99. The lowest BCUT2D eigenvalue weighted by Gasteiger charge is -2.02. The molecule has 0 radical (unpaired) electrons. The van der Waals surface area contributed by atoms with E-state index >= 15 is 0 Å². The minimum atomic E-state index is 0.663. The van der Waals surface area contributed by atoms with E-state index in [4.69, 9.17) is 0 Å². The second-order valence-corrected chi connectivity index (χ2v) is 3.67. The van der Waals surface area contributed by atoms with Crippen LogP contribution in [0.15, 0.2) is 35.1 Å². The van der Waals surface area contributed by atoms with Crippen LogP contribution in [0.25, 0.3) is 10.8 Å². The Hall–Kier alpha value is -1.42. The predicted octanol–water partition coefficient (Wildman–Crippen LogP) is 2.57. The van der Waals surface area contributed by atoms with Crippen molar-refractivity contribution >= 4 is 38.8 Å². The maximum Gasteiger partial charge on any atom is 0.211 e. The number of halogens is 1. The van der Waals surface area contributed by atoms with Crippen molar-refractivity contribution in [1.82, 2.24) is 4.98 Å². The summed E-state index contributed by atoms with van der Waals surface area (Å²) in [6.45, 7) is 0. The van der Waals surface area contributed by atoms with Crippen LogP contribution >= 0.6 is 15.9 Å². The fourth-order valence-electron chi connectivity index (χ4n) is 1.29. The van der Waals surface area contributed by atoms with Crippen molar-refractivity contribution in [3.8, 4) is 0 Å². The SMILES string of the molecule is O=CNc1ccc2cncc(Br)c2c1. The van der Waals surface area contributed by atoms with E-state index < -0.39 is 0 Å². The van der Waals surface area contributed by atoms with Crippen molar-refractivity contribution in [2.75, 3.05) is 5.32 Å². The van der Waals surface area contributed by atoms with Crippen LogP contribution in [-0.2, 0) is 4.79 Å². The Kier molecular flexibility index (Phi) is 2.45. The molecule has 4 heteroatoms. The van der Waals surface area contributed by atoms with Gasteiger partial charge in [-0.2, -0.15) is 0 Å². The average molecular weight is 251 g/mol. The van der Waals surface area contributed by atoms with E-state index in [2.05, 4.69) is 26.2 Å². The number of carbonyl (C=O) groups excluding carboxylic acids is 1. The fraction of sp³-hybridized carbons (Fsp3) is 0. The molecule has 1 heterocycles.